The van der Waals surface area contributed by atoms with Gasteiger partial charge in [-0.2, -0.15) is 0 Å². The molecule has 2 heteroatoms. The van der Waals surface area contributed by atoms with Crippen LogP contribution < -0.4 is 4.74 Å². The molecule has 1 aromatic rings. The number of ether oxygens (including phenoxy) is 1. The standard InChI is InChI=1S/C11H15NO/c1-8(2)9-5-7-13-10-4-3-6-12-11(9)10/h3-4,6,8-9H,5,7H2,1-2H3. The number of rotatable bonds is 1. The van der Waals surface area contributed by atoms with Crippen molar-refractivity contribution in [3.8, 4) is 5.75 Å². The average Bonchev–Trinajstić information content (AvgIpc) is 2.17. The number of hydrogen-bond acceptors (Lipinski definition) is 2. The minimum absolute atomic E-state index is 0.574. The second-order valence-electron chi connectivity index (χ2n) is 3.87. The first-order valence-electron chi connectivity index (χ1n) is 4.86. The SMILES string of the molecule is CC(C)C1CCOc2cccnc21. The van der Waals surface area contributed by atoms with Gasteiger partial charge in [-0.3, -0.25) is 4.98 Å². The van der Waals surface area contributed by atoms with Crippen LogP contribution in [0.2, 0.25) is 0 Å². The number of nitrogens with zero attached hydrogens (tertiary/aromatic N) is 1. The van der Waals surface area contributed by atoms with Gasteiger partial charge in [-0.1, -0.05) is 13.8 Å². The lowest BCUT2D eigenvalue weighted by molar-refractivity contribution is 0.242. The maximum Gasteiger partial charge on any atom is 0.141 e. The highest BCUT2D eigenvalue weighted by Gasteiger charge is 2.24. The molecule has 0 radical (unpaired) electrons. The van der Waals surface area contributed by atoms with E-state index in [1.807, 2.05) is 18.3 Å². The van der Waals surface area contributed by atoms with E-state index in [0.29, 0.717) is 11.8 Å². The second-order valence-corrected chi connectivity index (χ2v) is 3.87. The number of aromatic nitrogens is 1. The molecule has 2 nitrogen and oxygen atoms in total. The van der Waals surface area contributed by atoms with E-state index < -0.39 is 0 Å². The lowest BCUT2D eigenvalue weighted by Gasteiger charge is -2.27. The summed E-state index contributed by atoms with van der Waals surface area (Å²) in [6, 6.07) is 3.94. The van der Waals surface area contributed by atoms with Crippen molar-refractivity contribution in [3.05, 3.63) is 24.0 Å². The monoisotopic (exact) mass is 177 g/mol. The molecule has 2 rings (SSSR count). The van der Waals surface area contributed by atoms with Gasteiger partial charge in [0.05, 0.1) is 12.3 Å². The summed E-state index contributed by atoms with van der Waals surface area (Å²) in [5.74, 6) is 2.20. The molecule has 1 aromatic heterocycles. The minimum atomic E-state index is 0.574. The van der Waals surface area contributed by atoms with Crippen LogP contribution in [0.1, 0.15) is 31.9 Å². The molecule has 70 valence electrons. The lowest BCUT2D eigenvalue weighted by Crippen LogP contribution is -2.19. The molecule has 0 bridgehead atoms. The summed E-state index contributed by atoms with van der Waals surface area (Å²) in [7, 11) is 0. The molecule has 0 amide bonds. The Kier molecular flexibility index (Phi) is 2.21. The Morgan fingerprint density at radius 2 is 2.38 bits per heavy atom. The molecule has 1 aliphatic heterocycles. The quantitative estimate of drug-likeness (QED) is 0.657. The van der Waals surface area contributed by atoms with Crippen molar-refractivity contribution in [2.45, 2.75) is 26.2 Å². The first-order chi connectivity index (χ1) is 6.29. The summed E-state index contributed by atoms with van der Waals surface area (Å²) in [4.78, 5) is 4.40. The second kappa shape index (κ2) is 3.36. The highest BCUT2D eigenvalue weighted by molar-refractivity contribution is 5.31. The zero-order chi connectivity index (χ0) is 9.26. The van der Waals surface area contributed by atoms with E-state index in [4.69, 9.17) is 4.74 Å². The summed E-state index contributed by atoms with van der Waals surface area (Å²) in [5.41, 5.74) is 1.14. The Bertz CT molecular complexity index is 296. The van der Waals surface area contributed by atoms with Gasteiger partial charge in [0, 0.05) is 12.1 Å². The first-order valence-corrected chi connectivity index (χ1v) is 4.86. The predicted octanol–water partition coefficient (Wildman–Crippen LogP) is 2.60. The minimum Gasteiger partial charge on any atom is -0.492 e. The summed E-state index contributed by atoms with van der Waals surface area (Å²) in [6.45, 7) is 5.32. The van der Waals surface area contributed by atoms with Crippen molar-refractivity contribution in [1.29, 1.82) is 0 Å². The van der Waals surface area contributed by atoms with E-state index in [9.17, 15) is 0 Å². The van der Waals surface area contributed by atoms with Crippen molar-refractivity contribution >= 4 is 0 Å². The molecule has 2 heterocycles. The van der Waals surface area contributed by atoms with Gasteiger partial charge in [0.15, 0.2) is 0 Å². The van der Waals surface area contributed by atoms with Gasteiger partial charge in [-0.05, 0) is 24.5 Å². The van der Waals surface area contributed by atoms with Crippen molar-refractivity contribution in [2.24, 2.45) is 5.92 Å². The molecule has 0 fully saturated rings. The number of hydrogen-bond donors (Lipinski definition) is 0. The molecule has 1 aliphatic rings. The van der Waals surface area contributed by atoms with Crippen LogP contribution in [-0.2, 0) is 0 Å². The van der Waals surface area contributed by atoms with E-state index in [2.05, 4.69) is 18.8 Å². The maximum absolute atomic E-state index is 5.54. The molecule has 0 aromatic carbocycles. The molecule has 0 saturated carbocycles. The van der Waals surface area contributed by atoms with E-state index in [1.54, 1.807) is 0 Å². The average molecular weight is 177 g/mol. The Labute approximate surface area is 78.9 Å². The van der Waals surface area contributed by atoms with Gasteiger partial charge < -0.3 is 4.74 Å². The Balaban J connectivity index is 2.37. The van der Waals surface area contributed by atoms with Crippen LogP contribution in [0.25, 0.3) is 0 Å². The maximum atomic E-state index is 5.54. The third-order valence-corrected chi connectivity index (χ3v) is 2.64. The molecular formula is C11H15NO. The number of fused-ring (bicyclic) bond motifs is 1. The summed E-state index contributed by atoms with van der Waals surface area (Å²) in [6.07, 6.45) is 2.95. The molecule has 0 saturated heterocycles. The van der Waals surface area contributed by atoms with Crippen molar-refractivity contribution in [1.82, 2.24) is 4.98 Å². The van der Waals surface area contributed by atoms with Crippen LogP contribution in [0.15, 0.2) is 18.3 Å². The topological polar surface area (TPSA) is 22.1 Å². The van der Waals surface area contributed by atoms with Gasteiger partial charge in [-0.15, -0.1) is 0 Å². The van der Waals surface area contributed by atoms with Crippen LogP contribution in [-0.4, -0.2) is 11.6 Å². The highest BCUT2D eigenvalue weighted by Crippen LogP contribution is 2.35. The third kappa shape index (κ3) is 1.53. The predicted molar refractivity (Wildman–Crippen MR) is 51.9 cm³/mol. The fourth-order valence-corrected chi connectivity index (χ4v) is 1.88. The van der Waals surface area contributed by atoms with Crippen LogP contribution in [0, 0.1) is 5.92 Å². The zero-order valence-electron chi connectivity index (χ0n) is 8.16. The van der Waals surface area contributed by atoms with Crippen molar-refractivity contribution in [3.63, 3.8) is 0 Å². The molecule has 1 unspecified atom stereocenters. The van der Waals surface area contributed by atoms with Crippen molar-refractivity contribution in [2.75, 3.05) is 6.61 Å². The van der Waals surface area contributed by atoms with Crippen LogP contribution in [0.5, 0.6) is 5.75 Å². The molecule has 1 atom stereocenters. The van der Waals surface area contributed by atoms with Crippen LogP contribution >= 0.6 is 0 Å². The van der Waals surface area contributed by atoms with Gasteiger partial charge >= 0.3 is 0 Å². The van der Waals surface area contributed by atoms with Gasteiger partial charge in [0.1, 0.15) is 5.75 Å². The Hall–Kier alpha value is -1.05. The highest BCUT2D eigenvalue weighted by atomic mass is 16.5. The smallest absolute Gasteiger partial charge is 0.141 e. The Morgan fingerprint density at radius 3 is 3.15 bits per heavy atom. The van der Waals surface area contributed by atoms with E-state index in [0.717, 1.165) is 24.5 Å². The fourth-order valence-electron chi connectivity index (χ4n) is 1.88. The summed E-state index contributed by atoms with van der Waals surface area (Å²) < 4.78 is 5.54. The zero-order valence-corrected chi connectivity index (χ0v) is 8.16. The number of pyridine rings is 1. The summed E-state index contributed by atoms with van der Waals surface area (Å²) in [5, 5.41) is 0. The molecule has 13 heavy (non-hydrogen) atoms. The molecule has 0 spiro atoms. The van der Waals surface area contributed by atoms with Gasteiger partial charge in [0.2, 0.25) is 0 Å². The van der Waals surface area contributed by atoms with E-state index >= 15 is 0 Å². The van der Waals surface area contributed by atoms with Gasteiger partial charge in [0.25, 0.3) is 0 Å². The van der Waals surface area contributed by atoms with E-state index in [1.165, 1.54) is 0 Å². The molecular weight excluding hydrogens is 162 g/mol. The first kappa shape index (κ1) is 8.54. The third-order valence-electron chi connectivity index (χ3n) is 2.64. The molecule has 0 N–H and O–H groups in total. The van der Waals surface area contributed by atoms with Crippen LogP contribution in [0.3, 0.4) is 0 Å². The van der Waals surface area contributed by atoms with E-state index in [-0.39, 0.29) is 0 Å². The van der Waals surface area contributed by atoms with Gasteiger partial charge in [-0.25, -0.2) is 0 Å². The summed E-state index contributed by atoms with van der Waals surface area (Å²) >= 11 is 0. The fraction of sp³-hybridized carbons (Fsp3) is 0.545. The lowest BCUT2D eigenvalue weighted by atomic mass is 9.87. The largest absolute Gasteiger partial charge is 0.492 e. The van der Waals surface area contributed by atoms with Crippen LogP contribution in [0.4, 0.5) is 0 Å². The normalized spacial score (nSPS) is 21.0. The molecule has 0 aliphatic carbocycles. The Morgan fingerprint density at radius 1 is 1.54 bits per heavy atom. The van der Waals surface area contributed by atoms with Crippen molar-refractivity contribution < 1.29 is 4.74 Å².